The van der Waals surface area contributed by atoms with E-state index in [0.717, 1.165) is 12.8 Å². The minimum Gasteiger partial charge on any atom is -0.481 e. The van der Waals surface area contributed by atoms with Crippen LogP contribution in [-0.2, 0) is 39.4 Å². The van der Waals surface area contributed by atoms with Gasteiger partial charge in [0.1, 0.15) is 0 Å². The van der Waals surface area contributed by atoms with Gasteiger partial charge in [-0.15, -0.1) is 0 Å². The highest BCUT2D eigenvalue weighted by atomic mass is 32.2. The molecule has 14 nitrogen and oxygen atoms in total. The molecule has 0 aromatic carbocycles. The van der Waals surface area contributed by atoms with Crippen molar-refractivity contribution in [3.63, 3.8) is 0 Å². The number of hydrogen-bond donors (Lipinski definition) is 6. The van der Waals surface area contributed by atoms with Crippen molar-refractivity contribution in [1.29, 1.82) is 0 Å². The number of carboxylic acids is 4. The molecule has 0 fully saturated rings. The summed E-state index contributed by atoms with van der Waals surface area (Å²) in [7, 11) is -9.87. The van der Waals surface area contributed by atoms with E-state index >= 15 is 0 Å². The molecule has 0 aromatic heterocycles. The molecule has 6 N–H and O–H groups in total. The van der Waals surface area contributed by atoms with Gasteiger partial charge in [-0.3, -0.25) is 28.3 Å². The quantitative estimate of drug-likeness (QED) is 0.175. The fourth-order valence-corrected chi connectivity index (χ4v) is 4.26. The third-order valence-electron chi connectivity index (χ3n) is 4.48. The second-order valence-corrected chi connectivity index (χ2v) is 10.2. The Hall–Kier alpha value is -2.30. The average molecular weight is 509 g/mol. The Balaban J connectivity index is 0. The van der Waals surface area contributed by atoms with Gasteiger partial charge in [0.2, 0.25) is 4.75 Å². The second-order valence-electron chi connectivity index (χ2n) is 6.91. The molecule has 0 bridgehead atoms. The van der Waals surface area contributed by atoms with E-state index in [1.54, 1.807) is 6.92 Å². The lowest BCUT2D eigenvalue weighted by Crippen LogP contribution is -2.49. The Labute approximate surface area is 184 Å². The third kappa shape index (κ3) is 10.8. The highest BCUT2D eigenvalue weighted by molar-refractivity contribution is 7.88. The summed E-state index contributed by atoms with van der Waals surface area (Å²) in [5.74, 6) is -7.17. The molecule has 3 unspecified atom stereocenters. The molecular weight excluding hydrogens is 480 g/mol. The van der Waals surface area contributed by atoms with Crippen LogP contribution in [0.5, 0.6) is 0 Å². The van der Waals surface area contributed by atoms with Crippen molar-refractivity contribution in [2.24, 2.45) is 5.92 Å². The van der Waals surface area contributed by atoms with Crippen molar-refractivity contribution in [3.05, 3.63) is 0 Å². The van der Waals surface area contributed by atoms with Gasteiger partial charge in [-0.05, 0) is 12.3 Å². The number of carbonyl (C=O) groups is 4. The summed E-state index contributed by atoms with van der Waals surface area (Å²) in [6.45, 7) is 3.72. The Morgan fingerprint density at radius 1 is 0.875 bits per heavy atom. The molecule has 188 valence electrons. The summed E-state index contributed by atoms with van der Waals surface area (Å²) < 4.78 is 58.2. The highest BCUT2D eigenvalue weighted by Crippen LogP contribution is 2.33. The van der Waals surface area contributed by atoms with E-state index in [0.29, 0.717) is 12.8 Å². The van der Waals surface area contributed by atoms with Gasteiger partial charge in [0, 0.05) is 0 Å². The standard InChI is InChI=1S/C12H22O7S.C4H6O7S/c1-3-5-6-9(4-2)7-12(11(15)16,8-10(13)14)20(17,18)19;5-3(6)1-2(4(7)8)12(9,10)11/h9H,3-8H2,1-2H3,(H,13,14)(H,15,16)(H,17,18,19);2H,1H2,(H,5,6)(H,7,8)(H,9,10,11). The predicted molar refractivity (Wildman–Crippen MR) is 107 cm³/mol. The maximum Gasteiger partial charge on any atom is 0.328 e. The van der Waals surface area contributed by atoms with Gasteiger partial charge in [-0.1, -0.05) is 39.5 Å². The van der Waals surface area contributed by atoms with Crippen molar-refractivity contribution in [2.45, 2.75) is 68.8 Å². The van der Waals surface area contributed by atoms with Gasteiger partial charge < -0.3 is 20.4 Å². The van der Waals surface area contributed by atoms with E-state index in [-0.39, 0.29) is 5.92 Å². The van der Waals surface area contributed by atoms with Crippen LogP contribution in [0.3, 0.4) is 0 Å². The zero-order chi connectivity index (χ0) is 25.9. The van der Waals surface area contributed by atoms with E-state index < -0.39 is 73.4 Å². The van der Waals surface area contributed by atoms with Gasteiger partial charge in [0.15, 0.2) is 5.25 Å². The largest absolute Gasteiger partial charge is 0.481 e. The first-order valence-electron chi connectivity index (χ1n) is 9.18. The van der Waals surface area contributed by atoms with E-state index in [1.807, 2.05) is 6.92 Å². The summed E-state index contributed by atoms with van der Waals surface area (Å²) in [4.78, 5) is 42.1. The lowest BCUT2D eigenvalue weighted by molar-refractivity contribution is -0.147. The molecule has 16 heteroatoms. The number of hydrogen-bond acceptors (Lipinski definition) is 8. The van der Waals surface area contributed by atoms with Crippen LogP contribution in [-0.4, -0.2) is 80.2 Å². The van der Waals surface area contributed by atoms with Crippen molar-refractivity contribution in [1.82, 2.24) is 0 Å². The smallest absolute Gasteiger partial charge is 0.328 e. The molecule has 0 saturated carbocycles. The molecule has 32 heavy (non-hydrogen) atoms. The molecule has 0 aliphatic heterocycles. The molecule has 0 spiro atoms. The van der Waals surface area contributed by atoms with E-state index in [2.05, 4.69) is 0 Å². The van der Waals surface area contributed by atoms with Gasteiger partial charge in [-0.25, -0.2) is 0 Å². The Bertz CT molecular complexity index is 876. The summed E-state index contributed by atoms with van der Waals surface area (Å²) >= 11 is 0. The molecule has 0 rings (SSSR count). The Kier molecular flexibility index (Phi) is 13.2. The molecule has 0 aromatic rings. The van der Waals surface area contributed by atoms with Crippen LogP contribution in [0, 0.1) is 5.92 Å². The summed E-state index contributed by atoms with van der Waals surface area (Å²) in [6, 6.07) is 0. The minimum atomic E-state index is -5.03. The lowest BCUT2D eigenvalue weighted by atomic mass is 9.86. The monoisotopic (exact) mass is 508 g/mol. The van der Waals surface area contributed by atoms with Crippen LogP contribution in [0.2, 0.25) is 0 Å². The number of aliphatic carboxylic acids is 4. The van der Waals surface area contributed by atoms with Crippen LogP contribution in [0.25, 0.3) is 0 Å². The van der Waals surface area contributed by atoms with Crippen molar-refractivity contribution in [2.75, 3.05) is 0 Å². The summed E-state index contributed by atoms with van der Waals surface area (Å²) in [6.07, 6.45) is 0.0530. The maximum absolute atomic E-state index is 11.5. The van der Waals surface area contributed by atoms with Gasteiger partial charge in [0.05, 0.1) is 12.8 Å². The molecular formula is C16H28O14S2. The highest BCUT2D eigenvalue weighted by Gasteiger charge is 2.53. The zero-order valence-electron chi connectivity index (χ0n) is 17.4. The van der Waals surface area contributed by atoms with Crippen LogP contribution in [0.1, 0.15) is 58.8 Å². The molecule has 0 aliphatic carbocycles. The first-order valence-corrected chi connectivity index (χ1v) is 12.1. The minimum absolute atomic E-state index is 0.271. The van der Waals surface area contributed by atoms with Crippen molar-refractivity contribution >= 4 is 44.1 Å². The first kappa shape index (κ1) is 31.9. The van der Waals surface area contributed by atoms with E-state index in [4.69, 9.17) is 19.9 Å². The van der Waals surface area contributed by atoms with Crippen LogP contribution in [0.4, 0.5) is 0 Å². The topological polar surface area (TPSA) is 258 Å². The van der Waals surface area contributed by atoms with E-state index in [9.17, 15) is 45.7 Å². The lowest BCUT2D eigenvalue weighted by Gasteiger charge is -2.28. The fourth-order valence-electron chi connectivity index (χ4n) is 2.67. The molecule has 3 atom stereocenters. The molecule has 0 heterocycles. The summed E-state index contributed by atoms with van der Waals surface area (Å²) in [5.41, 5.74) is 0. The van der Waals surface area contributed by atoms with Crippen molar-refractivity contribution < 1.29 is 65.5 Å². The van der Waals surface area contributed by atoms with E-state index in [1.165, 1.54) is 0 Å². The normalized spacial score (nSPS) is 15.4. The summed E-state index contributed by atoms with van der Waals surface area (Å²) in [5, 5.41) is 31.9. The Morgan fingerprint density at radius 3 is 1.59 bits per heavy atom. The molecule has 0 saturated heterocycles. The third-order valence-corrected chi connectivity index (χ3v) is 7.04. The van der Waals surface area contributed by atoms with Gasteiger partial charge >= 0.3 is 23.9 Å². The van der Waals surface area contributed by atoms with Crippen LogP contribution in [0.15, 0.2) is 0 Å². The number of carboxylic acid groups (broad SMARTS) is 4. The first-order chi connectivity index (χ1) is 14.4. The average Bonchev–Trinajstić information content (AvgIpc) is 2.59. The SMILES string of the molecule is CCCCC(CC)CC(CC(=O)O)(C(=O)O)S(=O)(=O)O.O=C(O)CC(C(=O)O)S(=O)(=O)O. The van der Waals surface area contributed by atoms with Gasteiger partial charge in [0.25, 0.3) is 20.2 Å². The van der Waals surface area contributed by atoms with Crippen LogP contribution >= 0.6 is 0 Å². The second kappa shape index (κ2) is 13.3. The number of unbranched alkanes of at least 4 members (excludes halogenated alkanes) is 1. The Morgan fingerprint density at radius 2 is 1.38 bits per heavy atom. The van der Waals surface area contributed by atoms with Crippen LogP contribution < -0.4 is 0 Å². The number of rotatable bonds is 14. The fraction of sp³-hybridized carbons (Fsp3) is 0.750. The predicted octanol–water partition coefficient (Wildman–Crippen LogP) is 0.581. The maximum atomic E-state index is 11.5. The molecule has 0 aliphatic rings. The molecule has 0 radical (unpaired) electrons. The molecule has 0 amide bonds. The van der Waals surface area contributed by atoms with Gasteiger partial charge in [-0.2, -0.15) is 16.8 Å². The zero-order valence-corrected chi connectivity index (χ0v) is 19.0. The van der Waals surface area contributed by atoms with Crippen molar-refractivity contribution in [3.8, 4) is 0 Å².